The maximum atomic E-state index is 12.3. The molecule has 118 valence electrons. The lowest BCUT2D eigenvalue weighted by atomic mass is 10.2. The molecule has 1 aliphatic rings. The lowest BCUT2D eigenvalue weighted by Gasteiger charge is -2.28. The van der Waals surface area contributed by atoms with E-state index in [1.165, 1.54) is 17.0 Å². The van der Waals surface area contributed by atoms with Gasteiger partial charge in [0.2, 0.25) is 0 Å². The van der Waals surface area contributed by atoms with Gasteiger partial charge in [-0.1, -0.05) is 30.3 Å². The van der Waals surface area contributed by atoms with Crippen LogP contribution in [0.4, 0.5) is 16.2 Å². The zero-order valence-corrected chi connectivity index (χ0v) is 13.0. The third-order valence-corrected chi connectivity index (χ3v) is 4.49. The molecule has 2 aromatic rings. The van der Waals surface area contributed by atoms with Crippen molar-refractivity contribution in [2.45, 2.75) is 11.5 Å². The van der Waals surface area contributed by atoms with Gasteiger partial charge in [0.15, 0.2) is 0 Å². The molecule has 1 heterocycles. The van der Waals surface area contributed by atoms with Crippen molar-refractivity contribution in [3.8, 4) is 0 Å². The highest BCUT2D eigenvalue weighted by molar-refractivity contribution is 7.99. The maximum Gasteiger partial charge on any atom is 0.414 e. The molecular weight excluding hydrogens is 316 g/mol. The minimum Gasteiger partial charge on any atom is -0.444 e. The highest BCUT2D eigenvalue weighted by Crippen LogP contribution is 2.37. The van der Waals surface area contributed by atoms with Crippen LogP contribution in [0.3, 0.4) is 0 Å². The van der Waals surface area contributed by atoms with Gasteiger partial charge in [-0.3, -0.25) is 15.0 Å². The highest BCUT2D eigenvalue weighted by atomic mass is 32.2. The number of ether oxygens (including phenoxy) is 1. The Labute approximate surface area is 137 Å². The summed E-state index contributed by atoms with van der Waals surface area (Å²) in [4.78, 5) is 25.1. The summed E-state index contributed by atoms with van der Waals surface area (Å²) in [6.07, 6.45) is -0.490. The molecule has 0 atom stereocenters. The molecule has 0 N–H and O–H groups in total. The first kappa shape index (κ1) is 15.4. The minimum absolute atomic E-state index is 0.0351. The van der Waals surface area contributed by atoms with E-state index in [-0.39, 0.29) is 12.3 Å². The first-order chi connectivity index (χ1) is 11.1. The number of anilines is 1. The standard InChI is InChI=1S/C16H14N2O4S/c19-16(22-11-12-4-2-1-3-5-12)17-8-9-23-15-7-6-13(18(20)21)10-14(15)17/h1-7,10H,8-9,11H2. The molecule has 3 rings (SSSR count). The smallest absolute Gasteiger partial charge is 0.414 e. The monoisotopic (exact) mass is 330 g/mol. The summed E-state index contributed by atoms with van der Waals surface area (Å²) in [6.45, 7) is 0.639. The van der Waals surface area contributed by atoms with Gasteiger partial charge >= 0.3 is 6.09 Å². The Bertz CT molecular complexity index is 736. The molecule has 0 unspecified atom stereocenters. The van der Waals surface area contributed by atoms with Crippen molar-refractivity contribution in [2.75, 3.05) is 17.2 Å². The van der Waals surface area contributed by atoms with Crippen molar-refractivity contribution in [1.82, 2.24) is 0 Å². The molecule has 7 heteroatoms. The van der Waals surface area contributed by atoms with Crippen LogP contribution in [-0.4, -0.2) is 23.3 Å². The van der Waals surface area contributed by atoms with E-state index in [9.17, 15) is 14.9 Å². The van der Waals surface area contributed by atoms with Crippen LogP contribution in [0.15, 0.2) is 53.4 Å². The summed E-state index contributed by atoms with van der Waals surface area (Å²) < 4.78 is 5.33. The number of nitrogens with zero attached hydrogens (tertiary/aromatic N) is 2. The number of non-ortho nitro benzene ring substituents is 1. The van der Waals surface area contributed by atoms with Crippen molar-refractivity contribution < 1.29 is 14.5 Å². The van der Waals surface area contributed by atoms with Crippen molar-refractivity contribution in [3.63, 3.8) is 0 Å². The fourth-order valence-corrected chi connectivity index (χ4v) is 3.28. The third-order valence-electron chi connectivity index (χ3n) is 3.44. The lowest BCUT2D eigenvalue weighted by molar-refractivity contribution is -0.384. The molecule has 0 saturated heterocycles. The second-order valence-corrected chi connectivity index (χ2v) is 6.09. The quantitative estimate of drug-likeness (QED) is 0.631. The van der Waals surface area contributed by atoms with E-state index >= 15 is 0 Å². The minimum atomic E-state index is -0.490. The van der Waals surface area contributed by atoms with E-state index in [1.807, 2.05) is 30.3 Å². The summed E-state index contributed by atoms with van der Waals surface area (Å²) in [7, 11) is 0. The van der Waals surface area contributed by atoms with Crippen molar-refractivity contribution in [3.05, 3.63) is 64.2 Å². The average molecular weight is 330 g/mol. The molecule has 1 amide bonds. The SMILES string of the molecule is O=C(OCc1ccccc1)N1CCSc2ccc([N+](=O)[O-])cc21. The molecule has 6 nitrogen and oxygen atoms in total. The van der Waals surface area contributed by atoms with Crippen LogP contribution >= 0.6 is 11.8 Å². The largest absolute Gasteiger partial charge is 0.444 e. The molecule has 0 saturated carbocycles. The van der Waals surface area contributed by atoms with Gasteiger partial charge in [-0.25, -0.2) is 4.79 Å². The van der Waals surface area contributed by atoms with E-state index in [0.29, 0.717) is 12.2 Å². The number of nitro groups is 1. The van der Waals surface area contributed by atoms with Crippen LogP contribution in [0.2, 0.25) is 0 Å². The van der Waals surface area contributed by atoms with Crippen LogP contribution in [0.1, 0.15) is 5.56 Å². The summed E-state index contributed by atoms with van der Waals surface area (Å²) >= 11 is 1.57. The molecule has 0 aliphatic carbocycles. The van der Waals surface area contributed by atoms with Crippen LogP contribution < -0.4 is 4.90 Å². The summed E-state index contributed by atoms with van der Waals surface area (Å²) in [5.41, 5.74) is 1.40. The number of carbonyl (C=O) groups is 1. The van der Waals surface area contributed by atoms with Gasteiger partial charge in [0.05, 0.1) is 10.6 Å². The summed E-state index contributed by atoms with van der Waals surface area (Å²) in [5, 5.41) is 10.9. The number of benzene rings is 2. The Morgan fingerprint density at radius 3 is 2.78 bits per heavy atom. The van der Waals surface area contributed by atoms with Crippen molar-refractivity contribution in [1.29, 1.82) is 0 Å². The van der Waals surface area contributed by atoms with E-state index in [1.54, 1.807) is 17.8 Å². The van der Waals surface area contributed by atoms with E-state index in [4.69, 9.17) is 4.74 Å². The Balaban J connectivity index is 1.77. The first-order valence-electron chi connectivity index (χ1n) is 7.04. The molecule has 23 heavy (non-hydrogen) atoms. The molecule has 0 bridgehead atoms. The predicted octanol–water partition coefficient (Wildman–Crippen LogP) is 3.84. The summed E-state index contributed by atoms with van der Waals surface area (Å²) in [5.74, 6) is 0.727. The number of carbonyl (C=O) groups excluding carboxylic acids is 1. The van der Waals surface area contributed by atoms with Gasteiger partial charge in [0, 0.05) is 29.3 Å². The first-order valence-corrected chi connectivity index (χ1v) is 8.03. The van der Waals surface area contributed by atoms with Gasteiger partial charge in [0.25, 0.3) is 5.69 Å². The van der Waals surface area contributed by atoms with Gasteiger partial charge in [-0.2, -0.15) is 0 Å². The maximum absolute atomic E-state index is 12.3. The Hall–Kier alpha value is -2.54. The van der Waals surface area contributed by atoms with Crippen LogP contribution in [-0.2, 0) is 11.3 Å². The molecule has 0 fully saturated rings. The predicted molar refractivity (Wildman–Crippen MR) is 87.8 cm³/mol. The zero-order valence-electron chi connectivity index (χ0n) is 12.2. The van der Waals surface area contributed by atoms with Crippen molar-refractivity contribution in [2.24, 2.45) is 0 Å². The summed E-state index contributed by atoms with van der Waals surface area (Å²) in [6, 6.07) is 13.9. The Morgan fingerprint density at radius 2 is 2.04 bits per heavy atom. The zero-order chi connectivity index (χ0) is 16.2. The number of rotatable bonds is 3. The number of thioether (sulfide) groups is 1. The number of nitro benzene ring substituents is 1. The van der Waals surface area contributed by atoms with Crippen LogP contribution in [0.5, 0.6) is 0 Å². The van der Waals surface area contributed by atoms with E-state index < -0.39 is 11.0 Å². The Morgan fingerprint density at radius 1 is 1.26 bits per heavy atom. The van der Waals surface area contributed by atoms with Gasteiger partial charge < -0.3 is 4.74 Å². The Kier molecular flexibility index (Phi) is 4.47. The van der Waals surface area contributed by atoms with Gasteiger partial charge in [-0.05, 0) is 11.6 Å². The molecule has 2 aromatic carbocycles. The van der Waals surface area contributed by atoms with Gasteiger partial charge in [0.1, 0.15) is 6.61 Å². The molecule has 0 aromatic heterocycles. The molecule has 0 radical (unpaired) electrons. The number of hydrogen-bond donors (Lipinski definition) is 0. The van der Waals surface area contributed by atoms with Crippen molar-refractivity contribution >= 4 is 29.2 Å². The molecule has 1 aliphatic heterocycles. The fraction of sp³-hybridized carbons (Fsp3) is 0.188. The fourth-order valence-electron chi connectivity index (χ4n) is 2.31. The molecular formula is C16H14N2O4S. The lowest BCUT2D eigenvalue weighted by Crippen LogP contribution is -2.35. The van der Waals surface area contributed by atoms with Crippen LogP contribution in [0.25, 0.3) is 0 Å². The second-order valence-electron chi connectivity index (χ2n) is 4.95. The topological polar surface area (TPSA) is 72.7 Å². The average Bonchev–Trinajstić information content (AvgIpc) is 2.59. The normalized spacial score (nSPS) is 13.3. The van der Waals surface area contributed by atoms with E-state index in [0.717, 1.165) is 16.2 Å². The third kappa shape index (κ3) is 3.45. The molecule has 0 spiro atoms. The number of fused-ring (bicyclic) bond motifs is 1. The number of hydrogen-bond acceptors (Lipinski definition) is 5. The number of amides is 1. The van der Waals surface area contributed by atoms with E-state index in [2.05, 4.69) is 0 Å². The highest BCUT2D eigenvalue weighted by Gasteiger charge is 2.26. The van der Waals surface area contributed by atoms with Gasteiger partial charge in [-0.15, -0.1) is 11.8 Å². The second kappa shape index (κ2) is 6.70. The van der Waals surface area contributed by atoms with Crippen LogP contribution in [0, 0.1) is 10.1 Å².